The molecule has 0 radical (unpaired) electrons. The minimum absolute atomic E-state index is 0.0122. The van der Waals surface area contributed by atoms with Gasteiger partial charge in [-0.05, 0) is 37.1 Å². The molecular weight excluding hydrogens is 332 g/mol. The normalized spacial score (nSPS) is 13.0. The summed E-state index contributed by atoms with van der Waals surface area (Å²) in [6.07, 6.45) is 3.63. The second-order valence-corrected chi connectivity index (χ2v) is 6.23. The van der Waals surface area contributed by atoms with Crippen molar-refractivity contribution in [1.82, 2.24) is 15.2 Å². The molecular formula is C19H22N4O3. The molecule has 0 bridgehead atoms. The SMILES string of the molecule is COc1ccccc1Nc1ncccc1C(=O)N(C)CC(=O)NC1CC1. The molecule has 1 aliphatic rings. The van der Waals surface area contributed by atoms with E-state index in [0.29, 0.717) is 22.8 Å². The van der Waals surface area contributed by atoms with Crippen molar-refractivity contribution in [1.29, 1.82) is 0 Å². The number of rotatable bonds is 7. The number of carbonyl (C=O) groups excluding carboxylic acids is 2. The Morgan fingerprint density at radius 3 is 2.73 bits per heavy atom. The van der Waals surface area contributed by atoms with Gasteiger partial charge >= 0.3 is 0 Å². The third-order valence-corrected chi connectivity index (χ3v) is 4.07. The number of methoxy groups -OCH3 is 1. The molecule has 0 atom stereocenters. The summed E-state index contributed by atoms with van der Waals surface area (Å²) in [4.78, 5) is 30.4. The number of likely N-dealkylation sites (N-methyl/N-ethyl adjacent to an activating group) is 1. The summed E-state index contributed by atoms with van der Waals surface area (Å²) in [6.45, 7) is 0.0122. The second kappa shape index (κ2) is 7.86. The molecule has 136 valence electrons. The van der Waals surface area contributed by atoms with E-state index in [2.05, 4.69) is 15.6 Å². The van der Waals surface area contributed by atoms with Crippen molar-refractivity contribution in [3.05, 3.63) is 48.2 Å². The molecule has 2 N–H and O–H groups in total. The highest BCUT2D eigenvalue weighted by Gasteiger charge is 2.25. The summed E-state index contributed by atoms with van der Waals surface area (Å²) in [6, 6.07) is 11.0. The van der Waals surface area contributed by atoms with Gasteiger partial charge in [-0.15, -0.1) is 0 Å². The highest BCUT2D eigenvalue weighted by Crippen LogP contribution is 2.28. The zero-order valence-corrected chi connectivity index (χ0v) is 14.9. The van der Waals surface area contributed by atoms with Gasteiger partial charge in [0.2, 0.25) is 5.91 Å². The Morgan fingerprint density at radius 2 is 2.00 bits per heavy atom. The monoisotopic (exact) mass is 354 g/mol. The van der Waals surface area contributed by atoms with E-state index < -0.39 is 0 Å². The molecule has 1 fully saturated rings. The number of benzene rings is 1. The van der Waals surface area contributed by atoms with Crippen LogP contribution in [0.1, 0.15) is 23.2 Å². The van der Waals surface area contributed by atoms with Crippen molar-refractivity contribution in [3.8, 4) is 5.75 Å². The maximum absolute atomic E-state index is 12.8. The quantitative estimate of drug-likeness (QED) is 0.796. The van der Waals surface area contributed by atoms with Gasteiger partial charge in [0.15, 0.2) is 0 Å². The predicted octanol–water partition coefficient (Wildman–Crippen LogP) is 2.18. The first kappa shape index (κ1) is 17.7. The molecule has 1 aliphatic carbocycles. The molecule has 1 heterocycles. The summed E-state index contributed by atoms with van der Waals surface area (Å²) in [5.41, 5.74) is 1.09. The van der Waals surface area contributed by atoms with E-state index in [0.717, 1.165) is 12.8 Å². The average molecular weight is 354 g/mol. The number of hydrogen-bond acceptors (Lipinski definition) is 5. The molecule has 7 nitrogen and oxygen atoms in total. The van der Waals surface area contributed by atoms with Crippen LogP contribution in [0.3, 0.4) is 0 Å². The van der Waals surface area contributed by atoms with E-state index in [9.17, 15) is 9.59 Å². The number of nitrogens with one attached hydrogen (secondary N) is 2. The predicted molar refractivity (Wildman–Crippen MR) is 98.6 cm³/mol. The van der Waals surface area contributed by atoms with Crippen molar-refractivity contribution in [2.75, 3.05) is 26.0 Å². The van der Waals surface area contributed by atoms with Gasteiger partial charge in [0.05, 0.1) is 24.9 Å². The third-order valence-electron chi connectivity index (χ3n) is 4.07. The van der Waals surface area contributed by atoms with Gasteiger partial charge in [-0.25, -0.2) is 4.98 Å². The Morgan fingerprint density at radius 1 is 1.23 bits per heavy atom. The van der Waals surface area contributed by atoms with Gasteiger partial charge in [-0.3, -0.25) is 9.59 Å². The van der Waals surface area contributed by atoms with Crippen LogP contribution in [0, 0.1) is 0 Å². The number of pyridine rings is 1. The van der Waals surface area contributed by atoms with Crippen molar-refractivity contribution in [3.63, 3.8) is 0 Å². The lowest BCUT2D eigenvalue weighted by Crippen LogP contribution is -2.39. The third kappa shape index (κ3) is 4.30. The number of para-hydroxylation sites is 2. The fourth-order valence-electron chi connectivity index (χ4n) is 2.55. The average Bonchev–Trinajstić information content (AvgIpc) is 3.45. The lowest BCUT2D eigenvalue weighted by atomic mass is 10.2. The first-order valence-corrected chi connectivity index (χ1v) is 8.48. The van der Waals surface area contributed by atoms with E-state index in [-0.39, 0.29) is 24.4 Å². The van der Waals surface area contributed by atoms with Crippen molar-refractivity contribution in [2.24, 2.45) is 0 Å². The summed E-state index contributed by atoms with van der Waals surface area (Å²) < 4.78 is 5.32. The number of anilines is 2. The van der Waals surface area contributed by atoms with Crippen molar-refractivity contribution >= 4 is 23.3 Å². The molecule has 0 aliphatic heterocycles. The molecule has 2 aromatic rings. The Balaban J connectivity index is 1.75. The molecule has 1 aromatic carbocycles. The minimum Gasteiger partial charge on any atom is -0.495 e. The fourth-order valence-corrected chi connectivity index (χ4v) is 2.55. The number of nitrogens with zero attached hydrogens (tertiary/aromatic N) is 2. The van der Waals surface area contributed by atoms with Gasteiger partial charge < -0.3 is 20.3 Å². The first-order chi connectivity index (χ1) is 12.6. The van der Waals surface area contributed by atoms with E-state index in [1.165, 1.54) is 4.90 Å². The maximum atomic E-state index is 12.8. The minimum atomic E-state index is -0.276. The van der Waals surface area contributed by atoms with Crippen LogP contribution in [0.5, 0.6) is 5.75 Å². The van der Waals surface area contributed by atoms with Crippen LogP contribution in [-0.2, 0) is 4.79 Å². The van der Waals surface area contributed by atoms with Gasteiger partial charge in [0, 0.05) is 19.3 Å². The highest BCUT2D eigenvalue weighted by atomic mass is 16.5. The Bertz CT molecular complexity index is 805. The van der Waals surface area contributed by atoms with Crippen molar-refractivity contribution < 1.29 is 14.3 Å². The lowest BCUT2D eigenvalue weighted by molar-refractivity contribution is -0.121. The van der Waals surface area contributed by atoms with Gasteiger partial charge in [0.1, 0.15) is 11.6 Å². The molecule has 1 saturated carbocycles. The summed E-state index contributed by atoms with van der Waals surface area (Å²) in [7, 11) is 3.19. The summed E-state index contributed by atoms with van der Waals surface area (Å²) in [5, 5.41) is 6.02. The van der Waals surface area contributed by atoms with Crippen LogP contribution in [0.2, 0.25) is 0 Å². The molecule has 0 saturated heterocycles. The zero-order valence-electron chi connectivity index (χ0n) is 14.9. The van der Waals surface area contributed by atoms with Crippen LogP contribution in [0.4, 0.5) is 11.5 Å². The molecule has 3 rings (SSSR count). The second-order valence-electron chi connectivity index (χ2n) is 6.23. The van der Waals surface area contributed by atoms with E-state index in [1.54, 1.807) is 32.5 Å². The van der Waals surface area contributed by atoms with Crippen LogP contribution < -0.4 is 15.4 Å². The summed E-state index contributed by atoms with van der Waals surface area (Å²) in [5.74, 6) is 0.637. The van der Waals surface area contributed by atoms with E-state index >= 15 is 0 Å². The van der Waals surface area contributed by atoms with Gasteiger partial charge in [-0.1, -0.05) is 12.1 Å². The molecule has 0 unspecified atom stereocenters. The van der Waals surface area contributed by atoms with Gasteiger partial charge in [0.25, 0.3) is 5.91 Å². The largest absolute Gasteiger partial charge is 0.495 e. The van der Waals surface area contributed by atoms with Crippen LogP contribution in [0.15, 0.2) is 42.6 Å². The number of aromatic nitrogens is 1. The van der Waals surface area contributed by atoms with Crippen LogP contribution in [-0.4, -0.2) is 48.4 Å². The lowest BCUT2D eigenvalue weighted by Gasteiger charge is -2.19. The van der Waals surface area contributed by atoms with Crippen molar-refractivity contribution in [2.45, 2.75) is 18.9 Å². The molecule has 2 amide bonds. The maximum Gasteiger partial charge on any atom is 0.257 e. The fraction of sp³-hybridized carbons (Fsp3) is 0.316. The Hall–Kier alpha value is -3.09. The molecule has 0 spiro atoms. The number of hydrogen-bond donors (Lipinski definition) is 2. The number of ether oxygens (including phenoxy) is 1. The van der Waals surface area contributed by atoms with E-state index in [1.807, 2.05) is 24.3 Å². The number of carbonyl (C=O) groups is 2. The number of amides is 2. The Labute approximate surface area is 152 Å². The summed E-state index contributed by atoms with van der Waals surface area (Å²) >= 11 is 0. The van der Waals surface area contributed by atoms with E-state index in [4.69, 9.17) is 4.74 Å². The molecule has 26 heavy (non-hydrogen) atoms. The topological polar surface area (TPSA) is 83.6 Å². The highest BCUT2D eigenvalue weighted by molar-refractivity contribution is 6.00. The standard InChI is InChI=1S/C19H22N4O3/c1-23(12-17(24)21-13-9-10-13)19(25)14-6-5-11-20-18(14)22-15-7-3-4-8-16(15)26-2/h3-8,11,13H,9-10,12H2,1-2H3,(H,20,22)(H,21,24). The molecule has 7 heteroatoms. The molecule has 1 aromatic heterocycles. The smallest absolute Gasteiger partial charge is 0.257 e. The zero-order chi connectivity index (χ0) is 18.5. The Kier molecular flexibility index (Phi) is 5.36. The van der Waals surface area contributed by atoms with Crippen LogP contribution in [0.25, 0.3) is 0 Å². The van der Waals surface area contributed by atoms with Gasteiger partial charge in [-0.2, -0.15) is 0 Å². The van der Waals surface area contributed by atoms with Crippen LogP contribution >= 0.6 is 0 Å². The first-order valence-electron chi connectivity index (χ1n) is 8.48.